The Bertz CT molecular complexity index is 671. The zero-order valence-corrected chi connectivity index (χ0v) is 17.8. The molecule has 0 unspecified atom stereocenters. The third-order valence-corrected chi connectivity index (χ3v) is 6.55. The normalized spacial score (nSPS) is 14.0. The van der Waals surface area contributed by atoms with E-state index in [0.29, 0.717) is 10.9 Å². The highest BCUT2D eigenvalue weighted by atomic mass is 19.4. The van der Waals surface area contributed by atoms with Crippen molar-refractivity contribution in [3.8, 4) is 0 Å². The second kappa shape index (κ2) is 6.49. The van der Waals surface area contributed by atoms with E-state index >= 15 is 0 Å². The molecular formula is C17H30B5F3. The van der Waals surface area contributed by atoms with Gasteiger partial charge in [-0.25, -0.2) is 0 Å². The molecule has 1 rings (SSSR count). The Hall–Kier alpha value is -0.665. The molecule has 0 fully saturated rings. The van der Waals surface area contributed by atoms with Gasteiger partial charge in [0.2, 0.25) is 0 Å². The fraction of sp³-hybridized carbons (Fsp3) is 0.647. The van der Waals surface area contributed by atoms with Crippen LogP contribution in [0.5, 0.6) is 0 Å². The molecule has 0 aliphatic carbocycles. The molecule has 0 atom stereocenters. The van der Waals surface area contributed by atoms with E-state index < -0.39 is 11.7 Å². The van der Waals surface area contributed by atoms with Gasteiger partial charge in [0.15, 0.2) is 0 Å². The lowest BCUT2D eigenvalue weighted by Gasteiger charge is -2.47. The SMILES string of the molecule is Bc1c(B)c(C(B)(B)C(C)(C)CC)c(C(C)(C)C)c(B)c1C(F)(F)F. The fourth-order valence-corrected chi connectivity index (χ4v) is 4.08. The predicted octanol–water partition coefficient (Wildman–Crippen LogP) is -1.37. The first-order valence-corrected chi connectivity index (χ1v) is 9.13. The van der Waals surface area contributed by atoms with Crippen LogP contribution in [0.25, 0.3) is 0 Å². The lowest BCUT2D eigenvalue weighted by atomic mass is 9.37. The van der Waals surface area contributed by atoms with Crippen molar-refractivity contribution in [3.63, 3.8) is 0 Å². The van der Waals surface area contributed by atoms with E-state index in [0.717, 1.165) is 23.0 Å². The van der Waals surface area contributed by atoms with Gasteiger partial charge in [-0.3, -0.25) is 0 Å². The van der Waals surface area contributed by atoms with Gasteiger partial charge in [0, 0.05) is 5.56 Å². The molecule has 1 aromatic carbocycles. The van der Waals surface area contributed by atoms with Gasteiger partial charge in [0.25, 0.3) is 0 Å². The summed E-state index contributed by atoms with van der Waals surface area (Å²) >= 11 is 0. The van der Waals surface area contributed by atoms with Crippen LogP contribution >= 0.6 is 0 Å². The Morgan fingerprint density at radius 1 is 0.720 bits per heavy atom. The highest BCUT2D eigenvalue weighted by Crippen LogP contribution is 2.42. The van der Waals surface area contributed by atoms with Crippen molar-refractivity contribution >= 4 is 55.6 Å². The lowest BCUT2D eigenvalue weighted by molar-refractivity contribution is -0.135. The summed E-state index contributed by atoms with van der Waals surface area (Å²) in [7, 11) is 9.49. The van der Waals surface area contributed by atoms with Gasteiger partial charge >= 0.3 is 6.18 Å². The van der Waals surface area contributed by atoms with Gasteiger partial charge in [-0.2, -0.15) is 13.2 Å². The molecule has 0 N–H and O–H groups in total. The van der Waals surface area contributed by atoms with Gasteiger partial charge in [-0.1, -0.05) is 75.1 Å². The van der Waals surface area contributed by atoms with E-state index in [1.807, 2.05) is 28.6 Å². The number of rotatable bonds is 3. The van der Waals surface area contributed by atoms with Crippen LogP contribution in [0.4, 0.5) is 13.2 Å². The van der Waals surface area contributed by atoms with Gasteiger partial charge < -0.3 is 0 Å². The predicted molar refractivity (Wildman–Crippen MR) is 118 cm³/mol. The molecule has 0 aromatic heterocycles. The summed E-state index contributed by atoms with van der Waals surface area (Å²) in [6.07, 6.45) is -3.37. The molecule has 0 aliphatic heterocycles. The summed E-state index contributed by atoms with van der Waals surface area (Å²) in [4.78, 5) is 0. The van der Waals surface area contributed by atoms with Crippen LogP contribution in [0.3, 0.4) is 0 Å². The second-order valence-electron chi connectivity index (χ2n) is 9.61. The van der Waals surface area contributed by atoms with Gasteiger partial charge in [-0.15, -0.1) is 0 Å². The van der Waals surface area contributed by atoms with Crippen molar-refractivity contribution in [2.45, 2.75) is 64.8 Å². The summed E-state index contributed by atoms with van der Waals surface area (Å²) in [5.41, 5.74) is 2.64. The van der Waals surface area contributed by atoms with Gasteiger partial charge in [0.05, 0.1) is 0 Å². The fourth-order valence-electron chi connectivity index (χ4n) is 4.08. The van der Waals surface area contributed by atoms with E-state index in [4.69, 9.17) is 0 Å². The molecule has 25 heavy (non-hydrogen) atoms. The Labute approximate surface area is 156 Å². The quantitative estimate of drug-likeness (QED) is 0.594. The zero-order chi connectivity index (χ0) is 20.2. The van der Waals surface area contributed by atoms with Crippen molar-refractivity contribution in [2.75, 3.05) is 0 Å². The molecule has 134 valence electrons. The third-order valence-electron chi connectivity index (χ3n) is 6.55. The molecule has 0 saturated carbocycles. The van der Waals surface area contributed by atoms with E-state index in [2.05, 4.69) is 36.5 Å². The molecule has 0 saturated heterocycles. The molecule has 0 aliphatic rings. The Morgan fingerprint density at radius 2 is 1.12 bits per heavy atom. The average Bonchev–Trinajstić information content (AvgIpc) is 2.39. The first-order valence-electron chi connectivity index (χ1n) is 9.13. The lowest BCUT2D eigenvalue weighted by Crippen LogP contribution is -2.54. The van der Waals surface area contributed by atoms with E-state index in [1.54, 1.807) is 15.7 Å². The van der Waals surface area contributed by atoms with Crippen LogP contribution in [0.1, 0.15) is 64.7 Å². The second-order valence-corrected chi connectivity index (χ2v) is 9.61. The smallest absolute Gasteiger partial charge is 0.166 e. The third kappa shape index (κ3) is 3.73. The molecule has 0 nitrogen and oxygen atoms in total. The van der Waals surface area contributed by atoms with E-state index in [9.17, 15) is 13.2 Å². The minimum atomic E-state index is -4.33. The van der Waals surface area contributed by atoms with E-state index in [-0.39, 0.29) is 16.0 Å². The van der Waals surface area contributed by atoms with Crippen LogP contribution in [0, 0.1) is 5.41 Å². The summed E-state index contributed by atoms with van der Waals surface area (Å²) in [5.74, 6) is 0. The van der Waals surface area contributed by atoms with E-state index in [1.165, 1.54) is 0 Å². The molecule has 0 bridgehead atoms. The summed E-state index contributed by atoms with van der Waals surface area (Å²) in [5, 5.41) is -0.242. The number of alkyl halides is 3. The number of benzene rings is 1. The number of halogens is 3. The minimum Gasteiger partial charge on any atom is -0.166 e. The molecule has 0 radical (unpaired) electrons. The van der Waals surface area contributed by atoms with Crippen molar-refractivity contribution in [1.82, 2.24) is 0 Å². The first-order chi connectivity index (χ1) is 10.9. The summed E-state index contributed by atoms with van der Waals surface area (Å²) < 4.78 is 41.4. The van der Waals surface area contributed by atoms with Crippen LogP contribution in [-0.4, -0.2) is 39.2 Å². The molecular weight excluding hydrogens is 315 g/mol. The standard InChI is InChI=1S/C17H30B5F3/c1-7-15(5,6)16(21,22)9-8(14(2,3)4)11(18)10(17(23,24)25)13(20)12(9)19/h7,18-22H2,1-6H3. The van der Waals surface area contributed by atoms with Crippen molar-refractivity contribution in [3.05, 3.63) is 16.7 Å². The largest absolute Gasteiger partial charge is 0.415 e. The average molecular weight is 345 g/mol. The molecule has 1 aromatic rings. The van der Waals surface area contributed by atoms with Crippen LogP contribution in [0.2, 0.25) is 0 Å². The van der Waals surface area contributed by atoms with Crippen LogP contribution < -0.4 is 16.4 Å². The summed E-state index contributed by atoms with van der Waals surface area (Å²) in [6, 6.07) is 0. The molecule has 0 spiro atoms. The molecule has 0 amide bonds. The maximum absolute atomic E-state index is 13.8. The maximum atomic E-state index is 13.8. The van der Waals surface area contributed by atoms with Gasteiger partial charge in [-0.05, 0) is 16.4 Å². The highest BCUT2D eigenvalue weighted by Gasteiger charge is 2.44. The Morgan fingerprint density at radius 3 is 1.44 bits per heavy atom. The molecule has 8 heteroatoms. The highest BCUT2D eigenvalue weighted by molar-refractivity contribution is 6.54. The Balaban J connectivity index is 4.13. The van der Waals surface area contributed by atoms with Gasteiger partial charge in [0.1, 0.15) is 39.2 Å². The van der Waals surface area contributed by atoms with Crippen LogP contribution in [-0.2, 0) is 16.8 Å². The minimum absolute atomic E-state index is 0.0314. The molecule has 0 heterocycles. The topological polar surface area (TPSA) is 0 Å². The number of hydrogen-bond acceptors (Lipinski definition) is 0. The van der Waals surface area contributed by atoms with Crippen molar-refractivity contribution in [1.29, 1.82) is 0 Å². The first kappa shape index (κ1) is 22.4. The van der Waals surface area contributed by atoms with Crippen LogP contribution in [0.15, 0.2) is 0 Å². The van der Waals surface area contributed by atoms with Crippen molar-refractivity contribution in [2.24, 2.45) is 5.41 Å². The zero-order valence-electron chi connectivity index (χ0n) is 17.8. The Kier molecular flexibility index (Phi) is 5.81. The number of hydrogen-bond donors (Lipinski definition) is 0. The summed E-state index contributed by atoms with van der Waals surface area (Å²) in [6.45, 7) is 12.6. The van der Waals surface area contributed by atoms with Crippen molar-refractivity contribution < 1.29 is 13.2 Å². The monoisotopic (exact) mass is 346 g/mol. The maximum Gasteiger partial charge on any atom is 0.415 e.